The first-order valence-corrected chi connectivity index (χ1v) is 13.7. The van der Waals surface area contributed by atoms with E-state index in [1.165, 1.54) is 6.33 Å². The summed E-state index contributed by atoms with van der Waals surface area (Å²) in [4.78, 5) is 37.2. The SMILES string of the molecule is CC(C)OC(=O)CO[P@](=O)(CO[C@H](C)Cn1cnc2c(N)ncnc21)NC1(C(=O)OC(C)C)CCC1. The highest BCUT2D eigenvalue weighted by Crippen LogP contribution is 2.49. The van der Waals surface area contributed by atoms with Gasteiger partial charge in [0.15, 0.2) is 18.1 Å². The third kappa shape index (κ3) is 7.00. The Morgan fingerprint density at radius 1 is 1.14 bits per heavy atom. The van der Waals surface area contributed by atoms with Gasteiger partial charge in [0.2, 0.25) is 0 Å². The molecule has 0 aromatic carbocycles. The number of aromatic nitrogens is 4. The fourth-order valence-corrected chi connectivity index (χ4v) is 5.62. The number of carbonyl (C=O) groups excluding carboxylic acids is 2. The molecule has 2 aromatic rings. The Morgan fingerprint density at radius 3 is 2.44 bits per heavy atom. The number of nitrogen functional groups attached to an aromatic ring is 1. The Morgan fingerprint density at radius 2 is 1.83 bits per heavy atom. The van der Waals surface area contributed by atoms with Crippen LogP contribution in [0.4, 0.5) is 5.82 Å². The van der Waals surface area contributed by atoms with Crippen LogP contribution in [0.1, 0.15) is 53.9 Å². The summed E-state index contributed by atoms with van der Waals surface area (Å²) in [5.74, 6) is -0.913. The smallest absolute Gasteiger partial charge is 0.332 e. The summed E-state index contributed by atoms with van der Waals surface area (Å²) in [6.07, 6.45) is 2.99. The second-order valence-corrected chi connectivity index (χ2v) is 11.5. The molecular weight excluding hydrogens is 491 g/mol. The molecule has 13 nitrogen and oxygen atoms in total. The van der Waals surface area contributed by atoms with Crippen LogP contribution >= 0.6 is 7.52 Å². The molecule has 3 rings (SSSR count). The fraction of sp³-hybridized carbons (Fsp3) is 0.682. The molecule has 1 fully saturated rings. The van der Waals surface area contributed by atoms with Gasteiger partial charge in [0.1, 0.15) is 23.7 Å². The van der Waals surface area contributed by atoms with E-state index < -0.39 is 37.7 Å². The number of nitrogens with zero attached hydrogens (tertiary/aromatic N) is 4. The van der Waals surface area contributed by atoms with Gasteiger partial charge in [-0.15, -0.1) is 0 Å². The number of hydrogen-bond donors (Lipinski definition) is 2. The Labute approximate surface area is 209 Å². The molecule has 1 aliphatic carbocycles. The maximum Gasteiger partial charge on any atom is 0.332 e. The lowest BCUT2D eigenvalue weighted by molar-refractivity contribution is -0.158. The predicted octanol–water partition coefficient (Wildman–Crippen LogP) is 2.40. The maximum absolute atomic E-state index is 13.8. The van der Waals surface area contributed by atoms with Crippen molar-refractivity contribution in [1.82, 2.24) is 24.6 Å². The number of rotatable bonds is 13. The van der Waals surface area contributed by atoms with Gasteiger partial charge in [-0.25, -0.2) is 24.8 Å². The van der Waals surface area contributed by atoms with E-state index in [2.05, 4.69) is 20.0 Å². The molecule has 14 heteroatoms. The molecule has 200 valence electrons. The third-order valence-electron chi connectivity index (χ3n) is 5.50. The first-order chi connectivity index (χ1) is 16.9. The predicted molar refractivity (Wildman–Crippen MR) is 131 cm³/mol. The lowest BCUT2D eigenvalue weighted by Crippen LogP contribution is -2.57. The summed E-state index contributed by atoms with van der Waals surface area (Å²) in [5, 5.41) is 2.88. The van der Waals surface area contributed by atoms with Crippen LogP contribution in [0.15, 0.2) is 12.7 Å². The highest BCUT2D eigenvalue weighted by atomic mass is 31.2. The number of fused-ring (bicyclic) bond motifs is 1. The summed E-state index contributed by atoms with van der Waals surface area (Å²) in [6.45, 7) is 8.42. The Bertz CT molecular complexity index is 1120. The summed E-state index contributed by atoms with van der Waals surface area (Å²) < 4.78 is 37.4. The highest BCUT2D eigenvalue weighted by Gasteiger charge is 2.50. The molecule has 0 radical (unpaired) electrons. The third-order valence-corrected chi connectivity index (χ3v) is 7.30. The minimum Gasteiger partial charge on any atom is -0.462 e. The number of ether oxygens (including phenoxy) is 3. The second-order valence-electron chi connectivity index (χ2n) is 9.42. The van der Waals surface area contributed by atoms with E-state index >= 15 is 0 Å². The highest BCUT2D eigenvalue weighted by molar-refractivity contribution is 7.56. The number of nitrogens with one attached hydrogen (secondary N) is 1. The number of anilines is 1. The Balaban J connectivity index is 1.71. The molecule has 2 atom stereocenters. The molecule has 1 saturated carbocycles. The van der Waals surface area contributed by atoms with Crippen molar-refractivity contribution >= 4 is 36.4 Å². The van der Waals surface area contributed by atoms with Crippen molar-refractivity contribution in [3.63, 3.8) is 0 Å². The molecule has 2 aromatic heterocycles. The van der Waals surface area contributed by atoms with Crippen LogP contribution in [-0.4, -0.2) is 68.3 Å². The van der Waals surface area contributed by atoms with Crippen molar-refractivity contribution in [3.05, 3.63) is 12.7 Å². The van der Waals surface area contributed by atoms with E-state index in [9.17, 15) is 14.2 Å². The first-order valence-electron chi connectivity index (χ1n) is 11.9. The standard InChI is InChI=1S/C22H35N6O7P/c1-14(2)34-17(29)10-33-36(31,27-22(7-6-8-22)21(30)35-15(3)4)13-32-16(5)9-28-12-26-18-19(23)24-11-25-20(18)28/h11-12,14-16H,6-10,13H2,1-5H3,(H,27,31)(H2,23,24,25)/t16-,36-/m1/s1. The zero-order chi connectivity index (χ0) is 26.5. The lowest BCUT2D eigenvalue weighted by atomic mass is 9.78. The lowest BCUT2D eigenvalue weighted by Gasteiger charge is -2.42. The molecule has 0 bridgehead atoms. The van der Waals surface area contributed by atoms with E-state index in [0.29, 0.717) is 30.6 Å². The molecular formula is C22H35N6O7P. The number of nitrogens with two attached hydrogens (primary N) is 1. The van der Waals surface area contributed by atoms with Gasteiger partial charge in [-0.2, -0.15) is 0 Å². The van der Waals surface area contributed by atoms with Gasteiger partial charge in [-0.3, -0.25) is 9.36 Å². The van der Waals surface area contributed by atoms with Crippen molar-refractivity contribution in [1.29, 1.82) is 0 Å². The number of hydrogen-bond acceptors (Lipinski definition) is 11. The van der Waals surface area contributed by atoms with Crippen LogP contribution < -0.4 is 10.8 Å². The molecule has 0 amide bonds. The summed E-state index contributed by atoms with van der Waals surface area (Å²) in [5.41, 5.74) is 5.69. The molecule has 0 saturated heterocycles. The summed E-state index contributed by atoms with van der Waals surface area (Å²) >= 11 is 0. The van der Waals surface area contributed by atoms with Crippen molar-refractivity contribution < 1.29 is 32.9 Å². The normalized spacial score (nSPS) is 17.5. The summed E-state index contributed by atoms with van der Waals surface area (Å²) in [7, 11) is -3.84. The van der Waals surface area contributed by atoms with Crippen LogP contribution in [-0.2, 0) is 39.4 Å². The summed E-state index contributed by atoms with van der Waals surface area (Å²) in [6, 6.07) is 0. The van der Waals surface area contributed by atoms with Crippen LogP contribution in [0.5, 0.6) is 0 Å². The number of imidazole rings is 1. The van der Waals surface area contributed by atoms with Gasteiger partial charge < -0.3 is 29.0 Å². The van der Waals surface area contributed by atoms with Gasteiger partial charge in [0.05, 0.1) is 31.2 Å². The van der Waals surface area contributed by atoms with Gasteiger partial charge in [-0.05, 0) is 53.9 Å². The Kier molecular flexibility index (Phi) is 9.04. The largest absolute Gasteiger partial charge is 0.462 e. The second kappa shape index (κ2) is 11.6. The van der Waals surface area contributed by atoms with E-state index in [-0.39, 0.29) is 24.4 Å². The number of carbonyl (C=O) groups is 2. The van der Waals surface area contributed by atoms with Gasteiger partial charge in [0.25, 0.3) is 7.52 Å². The van der Waals surface area contributed by atoms with Crippen molar-refractivity contribution in [3.8, 4) is 0 Å². The molecule has 0 unspecified atom stereocenters. The molecule has 0 spiro atoms. The quantitative estimate of drug-likeness (QED) is 0.289. The Hall–Kier alpha value is -2.60. The maximum atomic E-state index is 13.8. The fourth-order valence-electron chi connectivity index (χ4n) is 3.69. The van der Waals surface area contributed by atoms with E-state index in [1.807, 2.05) is 0 Å². The zero-order valence-corrected chi connectivity index (χ0v) is 22.2. The molecule has 0 aliphatic heterocycles. The molecule has 1 aliphatic rings. The topological polar surface area (TPSA) is 170 Å². The van der Waals surface area contributed by atoms with Crippen molar-refractivity contribution in [2.75, 3.05) is 18.7 Å². The van der Waals surface area contributed by atoms with Crippen LogP contribution in [0.2, 0.25) is 0 Å². The van der Waals surface area contributed by atoms with Crippen LogP contribution in [0.3, 0.4) is 0 Å². The van der Waals surface area contributed by atoms with Gasteiger partial charge >= 0.3 is 11.9 Å². The monoisotopic (exact) mass is 526 g/mol. The minimum atomic E-state index is -3.84. The van der Waals surface area contributed by atoms with E-state index in [1.54, 1.807) is 45.5 Å². The minimum absolute atomic E-state index is 0.266. The van der Waals surface area contributed by atoms with Crippen LogP contribution in [0.25, 0.3) is 11.2 Å². The molecule has 3 N–H and O–H groups in total. The molecule has 36 heavy (non-hydrogen) atoms. The average Bonchev–Trinajstić information content (AvgIpc) is 3.17. The van der Waals surface area contributed by atoms with Gasteiger partial charge in [-0.1, -0.05) is 0 Å². The van der Waals surface area contributed by atoms with E-state index in [4.69, 9.17) is 24.5 Å². The van der Waals surface area contributed by atoms with Gasteiger partial charge in [0, 0.05) is 0 Å². The first kappa shape index (κ1) is 28.0. The average molecular weight is 527 g/mol. The van der Waals surface area contributed by atoms with Crippen LogP contribution in [0, 0.1) is 0 Å². The van der Waals surface area contributed by atoms with Crippen molar-refractivity contribution in [2.24, 2.45) is 0 Å². The van der Waals surface area contributed by atoms with Crippen molar-refractivity contribution in [2.45, 2.75) is 84.3 Å². The zero-order valence-electron chi connectivity index (χ0n) is 21.3. The van der Waals surface area contributed by atoms with E-state index in [0.717, 1.165) is 6.42 Å². The molecule has 2 heterocycles. The number of esters is 2.